The van der Waals surface area contributed by atoms with Crippen LogP contribution >= 0.6 is 35.3 Å². The Bertz CT molecular complexity index is 987. The fraction of sp³-hybridized carbons (Fsp3) is 0.250. The number of aliphatic carboxylic acids is 1. The fourth-order valence-corrected chi connectivity index (χ4v) is 5.05. The number of nitrogen functional groups attached to an aromatic ring is 1. The van der Waals surface area contributed by atoms with Crippen molar-refractivity contribution in [1.29, 1.82) is 0 Å². The van der Waals surface area contributed by atoms with Crippen LogP contribution in [0.2, 0.25) is 0 Å². The Labute approximate surface area is 181 Å². The standard InChI is InChI=1S/C20H19FN2O3S3/c21-15-9-12(5-6-16(15)22)13-8-14(28-11-13)10-17-19(26)23(20(27)29-17)7-3-1-2-4-18(24)25/h5-6,8-11H,1-4,7,22H2,(H,24,25). The second kappa shape index (κ2) is 9.51. The molecule has 1 amide bonds. The zero-order valence-corrected chi connectivity index (χ0v) is 17.8. The predicted molar refractivity (Wildman–Crippen MR) is 120 cm³/mol. The maximum Gasteiger partial charge on any atom is 0.303 e. The summed E-state index contributed by atoms with van der Waals surface area (Å²) in [5.41, 5.74) is 7.21. The first kappa shape index (κ1) is 21.5. The first-order valence-corrected chi connectivity index (χ1v) is 11.1. The van der Waals surface area contributed by atoms with E-state index in [0.29, 0.717) is 28.6 Å². The minimum Gasteiger partial charge on any atom is -0.481 e. The molecular formula is C20H19FN2O3S3. The molecule has 1 saturated heterocycles. The highest BCUT2D eigenvalue weighted by Crippen LogP contribution is 2.35. The number of carboxylic acids is 1. The maximum atomic E-state index is 13.7. The van der Waals surface area contributed by atoms with Crippen LogP contribution in [0.4, 0.5) is 10.1 Å². The number of thiocarbonyl (C=S) groups is 1. The number of anilines is 1. The van der Waals surface area contributed by atoms with Gasteiger partial charge in [-0.25, -0.2) is 4.39 Å². The molecule has 9 heteroatoms. The van der Waals surface area contributed by atoms with E-state index in [2.05, 4.69) is 0 Å². The zero-order valence-electron chi connectivity index (χ0n) is 15.4. The molecule has 0 saturated carbocycles. The normalized spacial score (nSPS) is 15.5. The number of thioether (sulfide) groups is 1. The van der Waals surface area contributed by atoms with Crippen LogP contribution in [-0.2, 0) is 9.59 Å². The van der Waals surface area contributed by atoms with Crippen LogP contribution in [0.5, 0.6) is 0 Å². The molecule has 152 valence electrons. The van der Waals surface area contributed by atoms with Crippen molar-refractivity contribution in [1.82, 2.24) is 4.90 Å². The lowest BCUT2D eigenvalue weighted by atomic mass is 10.1. The van der Waals surface area contributed by atoms with Crippen LogP contribution in [-0.4, -0.2) is 32.7 Å². The highest BCUT2D eigenvalue weighted by atomic mass is 32.2. The van der Waals surface area contributed by atoms with Gasteiger partial charge in [-0.2, -0.15) is 0 Å². The van der Waals surface area contributed by atoms with Gasteiger partial charge in [0.05, 0.1) is 10.6 Å². The lowest BCUT2D eigenvalue weighted by molar-refractivity contribution is -0.137. The van der Waals surface area contributed by atoms with Gasteiger partial charge >= 0.3 is 5.97 Å². The van der Waals surface area contributed by atoms with E-state index in [-0.39, 0.29) is 18.0 Å². The number of hydrogen-bond acceptors (Lipinski definition) is 6. The van der Waals surface area contributed by atoms with E-state index in [9.17, 15) is 14.0 Å². The van der Waals surface area contributed by atoms with Crippen LogP contribution in [0.1, 0.15) is 30.6 Å². The fourth-order valence-electron chi connectivity index (χ4n) is 2.83. The minimum absolute atomic E-state index is 0.107. The Morgan fingerprint density at radius 3 is 2.76 bits per heavy atom. The number of carbonyl (C=O) groups excluding carboxylic acids is 1. The number of hydrogen-bond donors (Lipinski definition) is 2. The molecule has 2 heterocycles. The molecule has 1 aliphatic rings. The molecule has 1 aliphatic heterocycles. The number of nitrogens with zero attached hydrogens (tertiary/aromatic N) is 1. The number of halogens is 1. The molecule has 1 fully saturated rings. The van der Waals surface area contributed by atoms with Crippen LogP contribution in [0, 0.1) is 5.82 Å². The highest BCUT2D eigenvalue weighted by molar-refractivity contribution is 8.26. The zero-order chi connectivity index (χ0) is 21.0. The lowest BCUT2D eigenvalue weighted by Crippen LogP contribution is -2.29. The third kappa shape index (κ3) is 5.43. The predicted octanol–water partition coefficient (Wildman–Crippen LogP) is 4.98. The average Bonchev–Trinajstić information content (AvgIpc) is 3.23. The van der Waals surface area contributed by atoms with Gasteiger partial charge in [0.2, 0.25) is 0 Å². The molecule has 1 aromatic heterocycles. The average molecular weight is 451 g/mol. The van der Waals surface area contributed by atoms with E-state index in [1.165, 1.54) is 35.2 Å². The first-order chi connectivity index (χ1) is 13.8. The van der Waals surface area contributed by atoms with Crippen molar-refractivity contribution in [3.05, 3.63) is 45.2 Å². The number of benzene rings is 1. The number of carbonyl (C=O) groups is 2. The Balaban J connectivity index is 1.64. The number of rotatable bonds is 8. The van der Waals surface area contributed by atoms with Crippen LogP contribution in [0.25, 0.3) is 17.2 Å². The van der Waals surface area contributed by atoms with E-state index in [1.807, 2.05) is 11.4 Å². The summed E-state index contributed by atoms with van der Waals surface area (Å²) < 4.78 is 14.2. The molecule has 2 aromatic rings. The molecule has 29 heavy (non-hydrogen) atoms. The molecule has 0 atom stereocenters. The summed E-state index contributed by atoms with van der Waals surface area (Å²) in [6.07, 6.45) is 3.96. The first-order valence-electron chi connectivity index (χ1n) is 8.96. The third-order valence-electron chi connectivity index (χ3n) is 4.37. The van der Waals surface area contributed by atoms with E-state index < -0.39 is 11.8 Å². The SMILES string of the molecule is Nc1ccc(-c2csc(C=C3SC(=S)N(CCCCCC(=O)O)C3=O)c2)cc1F. The van der Waals surface area contributed by atoms with Crippen molar-refractivity contribution < 1.29 is 19.1 Å². The molecule has 1 aromatic carbocycles. The van der Waals surface area contributed by atoms with E-state index >= 15 is 0 Å². The quantitative estimate of drug-likeness (QED) is 0.255. The summed E-state index contributed by atoms with van der Waals surface area (Å²) in [5.74, 6) is -1.40. The molecule has 5 nitrogen and oxygen atoms in total. The summed E-state index contributed by atoms with van der Waals surface area (Å²) >= 11 is 8.04. The van der Waals surface area contributed by atoms with Gasteiger partial charge in [0.1, 0.15) is 10.1 Å². The van der Waals surface area contributed by atoms with Crippen molar-refractivity contribution in [3.8, 4) is 11.1 Å². The number of carboxylic acid groups (broad SMARTS) is 1. The van der Waals surface area contributed by atoms with Gasteiger partial charge in [0, 0.05) is 17.8 Å². The third-order valence-corrected chi connectivity index (χ3v) is 6.63. The Kier molecular flexibility index (Phi) is 7.05. The van der Waals surface area contributed by atoms with E-state index in [1.54, 1.807) is 17.0 Å². The smallest absolute Gasteiger partial charge is 0.303 e. The number of thiophene rings is 1. The van der Waals surface area contributed by atoms with Gasteiger partial charge in [-0.15, -0.1) is 11.3 Å². The largest absolute Gasteiger partial charge is 0.481 e. The summed E-state index contributed by atoms with van der Waals surface area (Å²) in [7, 11) is 0. The Hall–Kier alpha value is -2.23. The summed E-state index contributed by atoms with van der Waals surface area (Å²) in [6, 6.07) is 6.58. The Morgan fingerprint density at radius 1 is 1.24 bits per heavy atom. The van der Waals surface area contributed by atoms with Crippen LogP contribution < -0.4 is 5.73 Å². The second-order valence-corrected chi connectivity index (χ2v) is 9.13. The minimum atomic E-state index is -0.810. The summed E-state index contributed by atoms with van der Waals surface area (Å²) in [6.45, 7) is 0.488. The van der Waals surface area contributed by atoms with Crippen molar-refractivity contribution in [2.45, 2.75) is 25.7 Å². The number of nitrogens with two attached hydrogens (primary N) is 1. The van der Waals surface area contributed by atoms with Crippen molar-refractivity contribution in [2.75, 3.05) is 12.3 Å². The monoisotopic (exact) mass is 450 g/mol. The van der Waals surface area contributed by atoms with Gasteiger partial charge in [-0.05, 0) is 53.6 Å². The van der Waals surface area contributed by atoms with Gasteiger partial charge in [0.15, 0.2) is 0 Å². The van der Waals surface area contributed by atoms with Gasteiger partial charge in [0.25, 0.3) is 5.91 Å². The molecule has 0 aliphatic carbocycles. The summed E-state index contributed by atoms with van der Waals surface area (Å²) in [5, 5.41) is 10.6. The van der Waals surface area contributed by atoms with E-state index in [0.717, 1.165) is 22.4 Å². The molecule has 0 spiro atoms. The van der Waals surface area contributed by atoms with Gasteiger partial charge in [-0.1, -0.05) is 36.5 Å². The van der Waals surface area contributed by atoms with Crippen molar-refractivity contribution in [3.63, 3.8) is 0 Å². The molecule has 0 radical (unpaired) electrons. The molecule has 0 bridgehead atoms. The molecule has 3 N–H and O–H groups in total. The topological polar surface area (TPSA) is 83.6 Å². The Morgan fingerprint density at radius 2 is 2.03 bits per heavy atom. The van der Waals surface area contributed by atoms with Crippen LogP contribution in [0.15, 0.2) is 34.6 Å². The molecular weight excluding hydrogens is 431 g/mol. The van der Waals surface area contributed by atoms with Crippen LogP contribution in [0.3, 0.4) is 0 Å². The number of amides is 1. The maximum absolute atomic E-state index is 13.7. The molecule has 0 unspecified atom stereocenters. The van der Waals surface area contributed by atoms with Gasteiger partial charge < -0.3 is 10.8 Å². The molecule has 3 rings (SSSR count). The lowest BCUT2D eigenvalue weighted by Gasteiger charge is -2.13. The van der Waals surface area contributed by atoms with Crippen molar-refractivity contribution >= 4 is 63.3 Å². The van der Waals surface area contributed by atoms with Crippen molar-refractivity contribution in [2.24, 2.45) is 0 Å². The second-order valence-electron chi connectivity index (χ2n) is 6.51. The van der Waals surface area contributed by atoms with Gasteiger partial charge in [-0.3, -0.25) is 14.5 Å². The number of unbranched alkanes of at least 4 members (excludes halogenated alkanes) is 2. The highest BCUT2D eigenvalue weighted by Gasteiger charge is 2.31. The summed E-state index contributed by atoms with van der Waals surface area (Å²) in [4.78, 5) is 26.2. The van der Waals surface area contributed by atoms with E-state index in [4.69, 9.17) is 23.1 Å².